The molecule has 0 aromatic rings. The van der Waals surface area contributed by atoms with E-state index in [4.69, 9.17) is 4.74 Å². The number of nitrogens with zero attached hydrogens (tertiary/aromatic N) is 1. The minimum Gasteiger partial charge on any atom is -0.486 e. The van der Waals surface area contributed by atoms with Gasteiger partial charge in [0.05, 0.1) is 18.2 Å². The van der Waals surface area contributed by atoms with Crippen molar-refractivity contribution < 1.29 is 4.74 Å². The van der Waals surface area contributed by atoms with Crippen molar-refractivity contribution in [3.63, 3.8) is 0 Å². The lowest BCUT2D eigenvalue weighted by molar-refractivity contribution is 0.248. The van der Waals surface area contributed by atoms with E-state index in [0.717, 1.165) is 24.1 Å². The van der Waals surface area contributed by atoms with Gasteiger partial charge in [0, 0.05) is 6.54 Å². The van der Waals surface area contributed by atoms with Gasteiger partial charge in [-0.1, -0.05) is 11.8 Å². The predicted molar refractivity (Wildman–Crippen MR) is 49.2 cm³/mol. The summed E-state index contributed by atoms with van der Waals surface area (Å²) in [6.45, 7) is 8.16. The summed E-state index contributed by atoms with van der Waals surface area (Å²) in [4.78, 5) is 2.32. The molecule has 1 aliphatic heterocycles. The van der Waals surface area contributed by atoms with Crippen LogP contribution in [0.4, 0.5) is 0 Å². The zero-order chi connectivity index (χ0) is 8.27. The minimum absolute atomic E-state index is 0.775. The van der Waals surface area contributed by atoms with Crippen molar-refractivity contribution >= 4 is 11.8 Å². The lowest BCUT2D eigenvalue weighted by atomic mass is 10.5. The summed E-state index contributed by atoms with van der Waals surface area (Å²) in [5.74, 6) is 1.05. The summed E-state index contributed by atoms with van der Waals surface area (Å²) in [5, 5.41) is 1.11. The van der Waals surface area contributed by atoms with Crippen molar-refractivity contribution in [2.45, 2.75) is 20.8 Å². The summed E-state index contributed by atoms with van der Waals surface area (Å²) in [6.07, 6.45) is 0. The Bertz CT molecular complexity index is 167. The molecule has 0 amide bonds. The van der Waals surface area contributed by atoms with Crippen LogP contribution in [0.25, 0.3) is 0 Å². The van der Waals surface area contributed by atoms with E-state index in [0.29, 0.717) is 0 Å². The quantitative estimate of drug-likeness (QED) is 0.649. The number of thioether (sulfide) groups is 1. The van der Waals surface area contributed by atoms with Crippen molar-refractivity contribution in [3.05, 3.63) is 10.8 Å². The molecular formula is C8H15NOS. The molecule has 11 heavy (non-hydrogen) atoms. The summed E-state index contributed by atoms with van der Waals surface area (Å²) < 4.78 is 5.45. The smallest absolute Gasteiger partial charge is 0.173 e. The second kappa shape index (κ2) is 3.90. The van der Waals surface area contributed by atoms with Crippen molar-refractivity contribution in [1.29, 1.82) is 0 Å². The van der Waals surface area contributed by atoms with Gasteiger partial charge in [-0.25, -0.2) is 0 Å². The second-order valence-electron chi connectivity index (χ2n) is 2.44. The average Bonchev–Trinajstić information content (AvgIpc) is 2.34. The topological polar surface area (TPSA) is 12.5 Å². The Morgan fingerprint density at radius 1 is 1.55 bits per heavy atom. The molecule has 0 spiro atoms. The first-order chi connectivity index (χ1) is 5.29. The van der Waals surface area contributed by atoms with Crippen molar-refractivity contribution in [2.75, 3.05) is 19.0 Å². The molecule has 64 valence electrons. The molecule has 0 saturated heterocycles. The average molecular weight is 173 g/mol. The fourth-order valence-electron chi connectivity index (χ4n) is 1.07. The van der Waals surface area contributed by atoms with Crippen LogP contribution in [0.1, 0.15) is 20.8 Å². The molecule has 0 aromatic carbocycles. The Kier molecular flexibility index (Phi) is 3.12. The maximum atomic E-state index is 5.45. The molecule has 0 N–H and O–H groups in total. The van der Waals surface area contributed by atoms with Crippen LogP contribution in [-0.2, 0) is 4.74 Å². The largest absolute Gasteiger partial charge is 0.486 e. The van der Waals surface area contributed by atoms with Crippen LogP contribution >= 0.6 is 11.8 Å². The SMILES string of the molecule is CCOC1=C(C)N(CC)CS1. The lowest BCUT2D eigenvalue weighted by Gasteiger charge is -2.14. The maximum Gasteiger partial charge on any atom is 0.173 e. The third-order valence-electron chi connectivity index (χ3n) is 1.78. The highest BCUT2D eigenvalue weighted by Gasteiger charge is 2.18. The van der Waals surface area contributed by atoms with E-state index in [9.17, 15) is 0 Å². The summed E-state index contributed by atoms with van der Waals surface area (Å²) in [6, 6.07) is 0. The Hall–Kier alpha value is -0.310. The highest BCUT2D eigenvalue weighted by molar-refractivity contribution is 8.03. The van der Waals surface area contributed by atoms with Crippen molar-refractivity contribution in [1.82, 2.24) is 4.90 Å². The van der Waals surface area contributed by atoms with E-state index in [1.807, 2.05) is 6.92 Å². The fraction of sp³-hybridized carbons (Fsp3) is 0.750. The van der Waals surface area contributed by atoms with E-state index < -0.39 is 0 Å². The molecule has 0 unspecified atom stereocenters. The predicted octanol–water partition coefficient (Wildman–Crippen LogP) is 2.24. The number of rotatable bonds is 3. The monoisotopic (exact) mass is 173 g/mol. The van der Waals surface area contributed by atoms with Crippen LogP contribution < -0.4 is 0 Å². The first-order valence-electron chi connectivity index (χ1n) is 4.01. The molecule has 0 aliphatic carbocycles. The molecule has 0 fully saturated rings. The van der Waals surface area contributed by atoms with Crippen LogP contribution in [0, 0.1) is 0 Å². The molecule has 0 aromatic heterocycles. The molecule has 1 heterocycles. The minimum atomic E-state index is 0.775. The summed E-state index contributed by atoms with van der Waals surface area (Å²) in [7, 11) is 0. The highest BCUT2D eigenvalue weighted by atomic mass is 32.2. The van der Waals surface area contributed by atoms with Gasteiger partial charge >= 0.3 is 0 Å². The van der Waals surface area contributed by atoms with Gasteiger partial charge in [0.15, 0.2) is 5.09 Å². The van der Waals surface area contributed by atoms with Gasteiger partial charge in [-0.2, -0.15) is 0 Å². The fourth-order valence-corrected chi connectivity index (χ4v) is 2.26. The Morgan fingerprint density at radius 2 is 2.27 bits per heavy atom. The molecular weight excluding hydrogens is 158 g/mol. The molecule has 0 bridgehead atoms. The molecule has 0 radical (unpaired) electrons. The summed E-state index contributed by atoms with van der Waals surface area (Å²) in [5.41, 5.74) is 1.29. The van der Waals surface area contributed by atoms with E-state index in [2.05, 4.69) is 18.7 Å². The van der Waals surface area contributed by atoms with Crippen LogP contribution in [0.15, 0.2) is 10.8 Å². The molecule has 0 saturated carbocycles. The van der Waals surface area contributed by atoms with Gasteiger partial charge in [0.25, 0.3) is 0 Å². The van der Waals surface area contributed by atoms with Crippen molar-refractivity contribution in [3.8, 4) is 0 Å². The van der Waals surface area contributed by atoms with E-state index in [1.54, 1.807) is 11.8 Å². The van der Waals surface area contributed by atoms with Gasteiger partial charge in [-0.05, 0) is 20.8 Å². The standard InChI is InChI=1S/C8H15NOS/c1-4-9-6-11-8(7(9)3)10-5-2/h4-6H2,1-3H3. The van der Waals surface area contributed by atoms with E-state index in [-0.39, 0.29) is 0 Å². The zero-order valence-corrected chi connectivity index (χ0v) is 8.20. The second-order valence-corrected chi connectivity index (χ2v) is 3.35. The molecule has 1 aliphatic rings. The first-order valence-corrected chi connectivity index (χ1v) is 4.99. The molecule has 3 heteroatoms. The lowest BCUT2D eigenvalue weighted by Crippen LogP contribution is -2.16. The highest BCUT2D eigenvalue weighted by Crippen LogP contribution is 2.31. The maximum absolute atomic E-state index is 5.45. The molecule has 1 rings (SSSR count). The first kappa shape index (κ1) is 8.78. The normalized spacial score (nSPS) is 17.9. The Labute approximate surface area is 72.6 Å². The zero-order valence-electron chi connectivity index (χ0n) is 7.39. The third-order valence-corrected chi connectivity index (χ3v) is 2.89. The van der Waals surface area contributed by atoms with Crippen LogP contribution in [0.3, 0.4) is 0 Å². The third kappa shape index (κ3) is 1.83. The van der Waals surface area contributed by atoms with Crippen LogP contribution in [0.5, 0.6) is 0 Å². The number of hydrogen-bond acceptors (Lipinski definition) is 3. The van der Waals surface area contributed by atoms with Crippen molar-refractivity contribution in [2.24, 2.45) is 0 Å². The summed E-state index contributed by atoms with van der Waals surface area (Å²) >= 11 is 1.79. The van der Waals surface area contributed by atoms with Gasteiger partial charge in [-0.15, -0.1) is 0 Å². The Balaban J connectivity index is 2.56. The molecule has 2 nitrogen and oxygen atoms in total. The van der Waals surface area contributed by atoms with Gasteiger partial charge in [0.1, 0.15) is 0 Å². The Morgan fingerprint density at radius 3 is 2.73 bits per heavy atom. The number of allylic oxidation sites excluding steroid dienone is 1. The van der Waals surface area contributed by atoms with Gasteiger partial charge in [0.2, 0.25) is 0 Å². The van der Waals surface area contributed by atoms with Gasteiger partial charge < -0.3 is 9.64 Å². The van der Waals surface area contributed by atoms with Gasteiger partial charge in [-0.3, -0.25) is 0 Å². The number of hydrogen-bond donors (Lipinski definition) is 0. The van der Waals surface area contributed by atoms with Crippen LogP contribution in [-0.4, -0.2) is 23.9 Å². The van der Waals surface area contributed by atoms with Crippen LogP contribution in [0.2, 0.25) is 0 Å². The van der Waals surface area contributed by atoms with E-state index >= 15 is 0 Å². The number of ether oxygens (including phenoxy) is 1. The van der Waals surface area contributed by atoms with E-state index in [1.165, 1.54) is 5.70 Å². The molecule has 0 atom stereocenters.